The normalized spacial score (nSPS) is 28.5. The Balaban J connectivity index is 1.62. The smallest absolute Gasteiger partial charge is 0.229 e. The van der Waals surface area contributed by atoms with Gasteiger partial charge in [0.05, 0.1) is 5.92 Å². The van der Waals surface area contributed by atoms with E-state index in [9.17, 15) is 4.79 Å². The SMILES string of the molecule is CC1(N)CCCCC1C(=O)Nc1cccc(CN2CCCCC2)c1. The number of nitrogens with two attached hydrogens (primary N) is 1. The summed E-state index contributed by atoms with van der Waals surface area (Å²) in [5, 5.41) is 3.11. The Morgan fingerprint density at radius 1 is 1.25 bits per heavy atom. The van der Waals surface area contributed by atoms with Crippen LogP contribution in [0.15, 0.2) is 24.3 Å². The molecule has 0 aromatic heterocycles. The van der Waals surface area contributed by atoms with Crippen LogP contribution in [0.1, 0.15) is 57.4 Å². The van der Waals surface area contributed by atoms with Gasteiger partial charge in [0.15, 0.2) is 0 Å². The zero-order chi connectivity index (χ0) is 17.0. The van der Waals surface area contributed by atoms with Crippen LogP contribution in [-0.2, 0) is 11.3 Å². The van der Waals surface area contributed by atoms with Gasteiger partial charge >= 0.3 is 0 Å². The molecule has 4 heteroatoms. The summed E-state index contributed by atoms with van der Waals surface area (Å²) >= 11 is 0. The molecule has 1 saturated heterocycles. The summed E-state index contributed by atoms with van der Waals surface area (Å²) < 4.78 is 0. The number of hydrogen-bond donors (Lipinski definition) is 2. The first-order chi connectivity index (χ1) is 11.5. The van der Waals surface area contributed by atoms with Gasteiger partial charge in [-0.1, -0.05) is 31.4 Å². The van der Waals surface area contributed by atoms with Crippen LogP contribution in [0, 0.1) is 5.92 Å². The Hall–Kier alpha value is -1.39. The van der Waals surface area contributed by atoms with Gasteiger partial charge in [-0.05, 0) is 63.4 Å². The molecule has 3 N–H and O–H groups in total. The van der Waals surface area contributed by atoms with Crippen molar-refractivity contribution < 1.29 is 4.79 Å². The molecular formula is C20H31N3O. The summed E-state index contributed by atoms with van der Waals surface area (Å²) in [6.45, 7) is 5.36. The highest BCUT2D eigenvalue weighted by molar-refractivity contribution is 5.93. The minimum absolute atomic E-state index is 0.0785. The van der Waals surface area contributed by atoms with Gasteiger partial charge in [-0.3, -0.25) is 9.69 Å². The third-order valence-electron chi connectivity index (χ3n) is 5.62. The van der Waals surface area contributed by atoms with Crippen molar-refractivity contribution in [2.24, 2.45) is 11.7 Å². The van der Waals surface area contributed by atoms with Gasteiger partial charge in [0.2, 0.25) is 5.91 Å². The fraction of sp³-hybridized carbons (Fsp3) is 0.650. The number of rotatable bonds is 4. The third kappa shape index (κ3) is 4.37. The largest absolute Gasteiger partial charge is 0.326 e. The first-order valence-electron chi connectivity index (χ1n) is 9.46. The molecule has 1 aliphatic carbocycles. The Labute approximate surface area is 145 Å². The van der Waals surface area contributed by atoms with Gasteiger partial charge in [-0.25, -0.2) is 0 Å². The van der Waals surface area contributed by atoms with E-state index in [0.717, 1.165) is 37.9 Å². The fourth-order valence-electron chi connectivity index (χ4n) is 4.14. The van der Waals surface area contributed by atoms with E-state index >= 15 is 0 Å². The molecular weight excluding hydrogens is 298 g/mol. The Kier molecular flexibility index (Phi) is 5.57. The maximum absolute atomic E-state index is 12.7. The van der Waals surface area contributed by atoms with Gasteiger partial charge in [0, 0.05) is 17.8 Å². The molecule has 132 valence electrons. The van der Waals surface area contributed by atoms with Gasteiger partial charge < -0.3 is 11.1 Å². The first kappa shape index (κ1) is 17.4. The van der Waals surface area contributed by atoms with Crippen LogP contribution >= 0.6 is 0 Å². The maximum Gasteiger partial charge on any atom is 0.229 e. The molecule has 0 radical (unpaired) electrons. The van der Waals surface area contributed by atoms with Crippen molar-refractivity contribution in [2.45, 2.75) is 64.0 Å². The highest BCUT2D eigenvalue weighted by atomic mass is 16.1. The number of amides is 1. The van der Waals surface area contributed by atoms with Crippen LogP contribution in [0.2, 0.25) is 0 Å². The highest BCUT2D eigenvalue weighted by Crippen LogP contribution is 2.32. The molecule has 1 saturated carbocycles. The van der Waals surface area contributed by atoms with Gasteiger partial charge in [-0.15, -0.1) is 0 Å². The van der Waals surface area contributed by atoms with Crippen LogP contribution in [0.5, 0.6) is 0 Å². The molecule has 1 heterocycles. The van der Waals surface area contributed by atoms with Crippen molar-refractivity contribution >= 4 is 11.6 Å². The van der Waals surface area contributed by atoms with Crippen molar-refractivity contribution in [3.8, 4) is 0 Å². The lowest BCUT2D eigenvalue weighted by atomic mass is 9.74. The van der Waals surface area contributed by atoms with Gasteiger partial charge in [0.25, 0.3) is 0 Å². The molecule has 3 rings (SSSR count). The second-order valence-corrected chi connectivity index (χ2v) is 7.83. The number of anilines is 1. The number of carbonyl (C=O) groups is 1. The number of hydrogen-bond acceptors (Lipinski definition) is 3. The Morgan fingerprint density at radius 2 is 2.04 bits per heavy atom. The second kappa shape index (κ2) is 7.66. The van der Waals surface area contributed by atoms with E-state index in [1.165, 1.54) is 37.9 Å². The van der Waals surface area contributed by atoms with Crippen LogP contribution in [0.4, 0.5) is 5.69 Å². The van der Waals surface area contributed by atoms with E-state index < -0.39 is 0 Å². The van der Waals surface area contributed by atoms with E-state index in [2.05, 4.69) is 22.3 Å². The van der Waals surface area contributed by atoms with E-state index in [0.29, 0.717) is 0 Å². The predicted molar refractivity (Wildman–Crippen MR) is 98.8 cm³/mol. The summed E-state index contributed by atoms with van der Waals surface area (Å²) in [5.74, 6) is -0.00757. The minimum Gasteiger partial charge on any atom is -0.326 e. The minimum atomic E-state index is -0.381. The molecule has 1 aliphatic heterocycles. The fourth-order valence-corrected chi connectivity index (χ4v) is 4.14. The number of nitrogens with one attached hydrogen (secondary N) is 1. The van der Waals surface area contributed by atoms with E-state index in [1.54, 1.807) is 0 Å². The summed E-state index contributed by atoms with van der Waals surface area (Å²) in [5.41, 5.74) is 8.15. The molecule has 24 heavy (non-hydrogen) atoms. The van der Waals surface area contributed by atoms with Crippen molar-refractivity contribution in [1.29, 1.82) is 0 Å². The zero-order valence-corrected chi connectivity index (χ0v) is 14.9. The van der Waals surface area contributed by atoms with Crippen LogP contribution < -0.4 is 11.1 Å². The van der Waals surface area contributed by atoms with Crippen molar-refractivity contribution in [1.82, 2.24) is 4.90 Å². The average molecular weight is 329 g/mol. The van der Waals surface area contributed by atoms with Gasteiger partial charge in [0.1, 0.15) is 0 Å². The lowest BCUT2D eigenvalue weighted by Gasteiger charge is -2.37. The molecule has 1 aromatic rings. The number of likely N-dealkylation sites (tertiary alicyclic amines) is 1. The quantitative estimate of drug-likeness (QED) is 0.888. The maximum atomic E-state index is 12.7. The number of carbonyl (C=O) groups excluding carboxylic acids is 1. The summed E-state index contributed by atoms with van der Waals surface area (Å²) in [6.07, 6.45) is 8.00. The topological polar surface area (TPSA) is 58.4 Å². The summed E-state index contributed by atoms with van der Waals surface area (Å²) in [4.78, 5) is 15.2. The molecule has 2 atom stereocenters. The number of benzene rings is 1. The monoisotopic (exact) mass is 329 g/mol. The van der Waals surface area contributed by atoms with Crippen LogP contribution in [0.3, 0.4) is 0 Å². The van der Waals surface area contributed by atoms with Crippen molar-refractivity contribution in [2.75, 3.05) is 18.4 Å². The number of piperidine rings is 1. The lowest BCUT2D eigenvalue weighted by Crippen LogP contribution is -2.51. The van der Waals surface area contributed by atoms with Crippen LogP contribution in [0.25, 0.3) is 0 Å². The Bertz CT molecular complexity index is 564. The molecule has 2 aliphatic rings. The molecule has 0 bridgehead atoms. The lowest BCUT2D eigenvalue weighted by molar-refractivity contribution is -0.122. The molecule has 1 amide bonds. The van der Waals surface area contributed by atoms with Crippen molar-refractivity contribution in [3.05, 3.63) is 29.8 Å². The number of nitrogens with zero attached hydrogens (tertiary/aromatic N) is 1. The molecule has 2 unspecified atom stereocenters. The molecule has 0 spiro atoms. The molecule has 4 nitrogen and oxygen atoms in total. The van der Waals surface area contributed by atoms with Crippen LogP contribution in [-0.4, -0.2) is 29.4 Å². The average Bonchev–Trinajstić information content (AvgIpc) is 2.55. The molecule has 1 aromatic carbocycles. The predicted octanol–water partition coefficient (Wildman–Crippen LogP) is 3.52. The standard InChI is InChI=1S/C20H31N3O/c1-20(21)11-4-3-10-18(20)19(24)22-17-9-7-8-16(14-17)15-23-12-5-2-6-13-23/h7-9,14,18H,2-6,10-13,15,21H2,1H3,(H,22,24). The van der Waals surface area contributed by atoms with Gasteiger partial charge in [-0.2, -0.15) is 0 Å². The summed E-state index contributed by atoms with van der Waals surface area (Å²) in [7, 11) is 0. The first-order valence-corrected chi connectivity index (χ1v) is 9.46. The third-order valence-corrected chi connectivity index (χ3v) is 5.62. The van der Waals surface area contributed by atoms with E-state index in [-0.39, 0.29) is 17.4 Å². The molecule has 2 fully saturated rings. The zero-order valence-electron chi connectivity index (χ0n) is 14.9. The summed E-state index contributed by atoms with van der Waals surface area (Å²) in [6, 6.07) is 8.28. The highest BCUT2D eigenvalue weighted by Gasteiger charge is 2.37. The second-order valence-electron chi connectivity index (χ2n) is 7.83. The van der Waals surface area contributed by atoms with E-state index in [1.807, 2.05) is 19.1 Å². The van der Waals surface area contributed by atoms with Crippen molar-refractivity contribution in [3.63, 3.8) is 0 Å². The Morgan fingerprint density at radius 3 is 2.79 bits per heavy atom. The van der Waals surface area contributed by atoms with E-state index in [4.69, 9.17) is 5.73 Å².